The van der Waals surface area contributed by atoms with Crippen molar-refractivity contribution in [2.45, 2.75) is 32.7 Å². The highest BCUT2D eigenvalue weighted by Crippen LogP contribution is 2.28. The molecular formula is C19H22FN5O. The number of anilines is 1. The Bertz CT molecular complexity index is 891. The summed E-state index contributed by atoms with van der Waals surface area (Å²) in [7, 11) is 0. The second-order valence-corrected chi connectivity index (χ2v) is 6.17. The van der Waals surface area contributed by atoms with Crippen LogP contribution in [0.25, 0.3) is 16.9 Å². The van der Waals surface area contributed by atoms with E-state index < -0.39 is 0 Å². The highest BCUT2D eigenvalue weighted by Gasteiger charge is 2.14. The summed E-state index contributed by atoms with van der Waals surface area (Å²) in [5.41, 5.74) is 2.17. The van der Waals surface area contributed by atoms with Gasteiger partial charge in [0.2, 0.25) is 5.91 Å². The average Bonchev–Trinajstić information content (AvgIpc) is 3.01. The number of amides is 1. The third-order valence-electron chi connectivity index (χ3n) is 4.21. The Balaban J connectivity index is 1.81. The maximum Gasteiger partial charge on any atom is 0.221 e. The zero-order chi connectivity index (χ0) is 18.5. The van der Waals surface area contributed by atoms with Gasteiger partial charge in [-0.1, -0.05) is 6.92 Å². The van der Waals surface area contributed by atoms with Crippen LogP contribution in [0.2, 0.25) is 0 Å². The number of imidazole rings is 1. The number of halogens is 1. The smallest absolute Gasteiger partial charge is 0.221 e. The summed E-state index contributed by atoms with van der Waals surface area (Å²) >= 11 is 0. The van der Waals surface area contributed by atoms with Gasteiger partial charge in [0.15, 0.2) is 5.65 Å². The van der Waals surface area contributed by atoms with Crippen LogP contribution in [0.15, 0.2) is 42.9 Å². The Kier molecular flexibility index (Phi) is 5.46. The summed E-state index contributed by atoms with van der Waals surface area (Å²) in [6.45, 7) is 4.48. The molecule has 0 aliphatic heterocycles. The third kappa shape index (κ3) is 3.99. The van der Waals surface area contributed by atoms with Gasteiger partial charge in [0.25, 0.3) is 0 Å². The molecule has 3 aromatic rings. The van der Waals surface area contributed by atoms with Gasteiger partial charge in [-0.05, 0) is 37.6 Å². The Morgan fingerprint density at radius 2 is 2.08 bits per heavy atom. The molecule has 0 unspecified atom stereocenters. The minimum absolute atomic E-state index is 0.00525. The molecular weight excluding hydrogens is 333 g/mol. The third-order valence-corrected chi connectivity index (χ3v) is 4.21. The zero-order valence-corrected chi connectivity index (χ0v) is 14.9. The largest absolute Gasteiger partial charge is 0.369 e. The van der Waals surface area contributed by atoms with Crippen molar-refractivity contribution in [3.63, 3.8) is 0 Å². The molecule has 136 valence electrons. The van der Waals surface area contributed by atoms with E-state index in [0.717, 1.165) is 17.8 Å². The number of rotatable bonds is 7. The lowest BCUT2D eigenvalue weighted by molar-refractivity contribution is -0.121. The summed E-state index contributed by atoms with van der Waals surface area (Å²) in [6, 6.07) is 6.35. The van der Waals surface area contributed by atoms with E-state index in [1.54, 1.807) is 30.7 Å². The molecule has 0 aliphatic rings. The van der Waals surface area contributed by atoms with Crippen LogP contribution in [-0.2, 0) is 4.79 Å². The molecule has 6 nitrogen and oxygen atoms in total. The van der Waals surface area contributed by atoms with Gasteiger partial charge in [-0.25, -0.2) is 9.37 Å². The fourth-order valence-electron chi connectivity index (χ4n) is 2.63. The Labute approximate surface area is 151 Å². The van der Waals surface area contributed by atoms with E-state index in [4.69, 9.17) is 0 Å². The molecule has 26 heavy (non-hydrogen) atoms. The van der Waals surface area contributed by atoms with Gasteiger partial charge >= 0.3 is 0 Å². The molecule has 1 aromatic carbocycles. The van der Waals surface area contributed by atoms with Gasteiger partial charge in [0.1, 0.15) is 17.3 Å². The topological polar surface area (TPSA) is 71.3 Å². The van der Waals surface area contributed by atoms with Crippen molar-refractivity contribution in [2.75, 3.05) is 11.9 Å². The molecule has 1 atom stereocenters. The molecule has 0 spiro atoms. The molecule has 0 saturated carbocycles. The predicted molar refractivity (Wildman–Crippen MR) is 99.4 cm³/mol. The highest BCUT2D eigenvalue weighted by atomic mass is 19.1. The minimum atomic E-state index is -0.296. The number of hydrogen-bond donors (Lipinski definition) is 2. The van der Waals surface area contributed by atoms with Crippen LogP contribution >= 0.6 is 0 Å². The van der Waals surface area contributed by atoms with Crippen molar-refractivity contribution >= 4 is 17.4 Å². The number of hydrogen-bond acceptors (Lipinski definition) is 4. The standard InChI is InChI=1S/C19H22FN5O/c1-3-13(2)23-17(26)8-9-22-19-18(14-4-6-15(20)7-5-14)24-16-12-21-10-11-25(16)19/h4-7,10-13,22H,3,8-9H2,1-2H3,(H,23,26)/t13-/m1/s1. The number of benzene rings is 1. The molecule has 3 rings (SSSR count). The first-order valence-electron chi connectivity index (χ1n) is 8.69. The molecule has 1 amide bonds. The molecule has 0 saturated heterocycles. The summed E-state index contributed by atoms with van der Waals surface area (Å²) < 4.78 is 15.1. The van der Waals surface area contributed by atoms with Crippen LogP contribution in [0.3, 0.4) is 0 Å². The first kappa shape index (κ1) is 17.8. The number of nitrogens with zero attached hydrogens (tertiary/aromatic N) is 3. The highest BCUT2D eigenvalue weighted by molar-refractivity contribution is 5.78. The molecule has 2 heterocycles. The van der Waals surface area contributed by atoms with Crippen LogP contribution in [0.1, 0.15) is 26.7 Å². The average molecular weight is 355 g/mol. The second-order valence-electron chi connectivity index (χ2n) is 6.17. The van der Waals surface area contributed by atoms with E-state index in [1.165, 1.54) is 12.1 Å². The number of fused-ring (bicyclic) bond motifs is 1. The minimum Gasteiger partial charge on any atom is -0.369 e. The molecule has 2 N–H and O–H groups in total. The first-order chi connectivity index (χ1) is 12.6. The van der Waals surface area contributed by atoms with Crippen molar-refractivity contribution in [3.8, 4) is 11.3 Å². The van der Waals surface area contributed by atoms with Crippen molar-refractivity contribution in [3.05, 3.63) is 48.7 Å². The predicted octanol–water partition coefficient (Wildman–Crippen LogP) is 3.25. The Hall–Kier alpha value is -2.96. The van der Waals surface area contributed by atoms with Crippen LogP contribution in [0.4, 0.5) is 10.2 Å². The molecule has 0 radical (unpaired) electrons. The van der Waals surface area contributed by atoms with Gasteiger partial charge in [-0.3, -0.25) is 14.2 Å². The fourth-order valence-corrected chi connectivity index (χ4v) is 2.63. The number of carbonyl (C=O) groups excluding carboxylic acids is 1. The second kappa shape index (κ2) is 7.95. The van der Waals surface area contributed by atoms with E-state index in [2.05, 4.69) is 20.6 Å². The number of aromatic nitrogens is 3. The number of carbonyl (C=O) groups is 1. The quantitative estimate of drug-likeness (QED) is 0.682. The Morgan fingerprint density at radius 1 is 1.31 bits per heavy atom. The van der Waals surface area contributed by atoms with E-state index in [0.29, 0.717) is 24.3 Å². The molecule has 7 heteroatoms. The lowest BCUT2D eigenvalue weighted by Crippen LogP contribution is -2.33. The first-order valence-corrected chi connectivity index (χ1v) is 8.69. The SMILES string of the molecule is CC[C@@H](C)NC(=O)CCNc1c(-c2ccc(F)cc2)nc2cnccn12. The zero-order valence-electron chi connectivity index (χ0n) is 14.9. The molecule has 2 aromatic heterocycles. The normalized spacial score (nSPS) is 12.1. The lowest BCUT2D eigenvalue weighted by atomic mass is 10.1. The van der Waals surface area contributed by atoms with Gasteiger partial charge in [-0.15, -0.1) is 0 Å². The molecule has 0 fully saturated rings. The molecule has 0 aliphatic carbocycles. The molecule has 0 bridgehead atoms. The summed E-state index contributed by atoms with van der Waals surface area (Å²) in [5.74, 6) is 0.464. The monoisotopic (exact) mass is 355 g/mol. The van der Waals surface area contributed by atoms with Crippen molar-refractivity contribution < 1.29 is 9.18 Å². The van der Waals surface area contributed by atoms with Gasteiger partial charge in [0.05, 0.1) is 6.20 Å². The van der Waals surface area contributed by atoms with Crippen molar-refractivity contribution in [1.29, 1.82) is 0 Å². The fraction of sp³-hybridized carbons (Fsp3) is 0.316. The van der Waals surface area contributed by atoms with Gasteiger partial charge in [-0.2, -0.15) is 0 Å². The Morgan fingerprint density at radius 3 is 2.81 bits per heavy atom. The van der Waals surface area contributed by atoms with Gasteiger partial charge in [0, 0.05) is 37.0 Å². The van der Waals surface area contributed by atoms with E-state index in [9.17, 15) is 9.18 Å². The maximum atomic E-state index is 13.2. The van der Waals surface area contributed by atoms with E-state index in [1.807, 2.05) is 18.2 Å². The van der Waals surface area contributed by atoms with E-state index in [-0.39, 0.29) is 17.8 Å². The maximum absolute atomic E-state index is 13.2. The lowest BCUT2D eigenvalue weighted by Gasteiger charge is -2.12. The van der Waals surface area contributed by atoms with Crippen molar-refractivity contribution in [2.24, 2.45) is 0 Å². The van der Waals surface area contributed by atoms with Crippen molar-refractivity contribution in [1.82, 2.24) is 19.7 Å². The van der Waals surface area contributed by atoms with Crippen LogP contribution in [-0.4, -0.2) is 32.9 Å². The number of nitrogens with one attached hydrogen (secondary N) is 2. The van der Waals surface area contributed by atoms with E-state index >= 15 is 0 Å². The summed E-state index contributed by atoms with van der Waals surface area (Å²) in [6.07, 6.45) is 6.38. The van der Waals surface area contributed by atoms with Crippen LogP contribution in [0.5, 0.6) is 0 Å². The summed E-state index contributed by atoms with van der Waals surface area (Å²) in [5, 5.41) is 6.24. The van der Waals surface area contributed by atoms with Crippen LogP contribution in [0, 0.1) is 5.82 Å². The van der Waals surface area contributed by atoms with Crippen LogP contribution < -0.4 is 10.6 Å². The van der Waals surface area contributed by atoms with Gasteiger partial charge < -0.3 is 10.6 Å². The summed E-state index contributed by atoms with van der Waals surface area (Å²) in [4.78, 5) is 20.6.